The molecule has 1 aliphatic rings. The van der Waals surface area contributed by atoms with E-state index in [1.165, 1.54) is 28.8 Å². The van der Waals surface area contributed by atoms with Gasteiger partial charge in [0.25, 0.3) is 0 Å². The van der Waals surface area contributed by atoms with Gasteiger partial charge < -0.3 is 0 Å². The van der Waals surface area contributed by atoms with E-state index in [9.17, 15) is 0 Å². The third-order valence-electron chi connectivity index (χ3n) is 4.58. The molecule has 0 saturated heterocycles. The van der Waals surface area contributed by atoms with E-state index in [1.807, 2.05) is 0 Å². The van der Waals surface area contributed by atoms with Gasteiger partial charge in [-0.3, -0.25) is 0 Å². The molecule has 4 rings (SSSR count). The standard InChI is InChI=1S/C21H20P.2ClH/c1-4-10-18(11-5-1)22(21-16-17-21,19-12-6-2-7-13-19)20-14-8-3-9-15-20;;/h1-15,21H,16-17H2;2*1H/q+1;;. The Morgan fingerprint density at radius 2 is 0.792 bits per heavy atom. The second kappa shape index (κ2) is 8.17. The van der Waals surface area contributed by atoms with Crippen molar-refractivity contribution in [2.75, 3.05) is 0 Å². The minimum absolute atomic E-state index is 0. The van der Waals surface area contributed by atoms with Crippen LogP contribution in [0.15, 0.2) is 91.0 Å². The topological polar surface area (TPSA) is 0 Å². The number of benzene rings is 3. The maximum atomic E-state index is 2.34. The Labute approximate surface area is 157 Å². The van der Waals surface area contributed by atoms with Gasteiger partial charge in [0.1, 0.15) is 23.2 Å². The van der Waals surface area contributed by atoms with E-state index in [0.29, 0.717) is 0 Å². The molecule has 0 spiro atoms. The second-order valence-electron chi connectivity index (χ2n) is 5.96. The highest BCUT2D eigenvalue weighted by atomic mass is 35.5. The molecule has 1 saturated carbocycles. The van der Waals surface area contributed by atoms with Crippen LogP contribution in [0.4, 0.5) is 0 Å². The van der Waals surface area contributed by atoms with E-state index in [0.717, 1.165) is 5.66 Å². The molecule has 0 heterocycles. The fraction of sp³-hybridized carbons (Fsp3) is 0.143. The van der Waals surface area contributed by atoms with Crippen LogP contribution in [0.25, 0.3) is 0 Å². The van der Waals surface area contributed by atoms with Crippen molar-refractivity contribution in [1.82, 2.24) is 0 Å². The van der Waals surface area contributed by atoms with E-state index in [4.69, 9.17) is 0 Å². The summed E-state index contributed by atoms with van der Waals surface area (Å²) >= 11 is 0. The molecule has 0 amide bonds. The summed E-state index contributed by atoms with van der Waals surface area (Å²) in [4.78, 5) is 0. The molecule has 3 aromatic carbocycles. The maximum Gasteiger partial charge on any atom is 0.115 e. The third kappa shape index (κ3) is 3.24. The van der Waals surface area contributed by atoms with Crippen LogP contribution >= 0.6 is 32.1 Å². The molecule has 124 valence electrons. The summed E-state index contributed by atoms with van der Waals surface area (Å²) in [5, 5.41) is 4.57. The van der Waals surface area contributed by atoms with E-state index >= 15 is 0 Å². The van der Waals surface area contributed by atoms with Crippen molar-refractivity contribution in [2.24, 2.45) is 0 Å². The van der Waals surface area contributed by atoms with Gasteiger partial charge in [0.2, 0.25) is 0 Å². The van der Waals surface area contributed by atoms with Crippen LogP contribution in [0.3, 0.4) is 0 Å². The summed E-state index contributed by atoms with van der Waals surface area (Å²) in [5.41, 5.74) is 0.805. The molecule has 0 atom stereocenters. The van der Waals surface area contributed by atoms with Gasteiger partial charge >= 0.3 is 0 Å². The zero-order valence-corrected chi connectivity index (χ0v) is 15.9. The minimum Gasteiger partial charge on any atom is -0.147 e. The lowest BCUT2D eigenvalue weighted by atomic mass is 10.4. The van der Waals surface area contributed by atoms with Crippen molar-refractivity contribution in [3.05, 3.63) is 91.0 Å². The summed E-state index contributed by atoms with van der Waals surface area (Å²) in [7, 11) is -1.51. The summed E-state index contributed by atoms with van der Waals surface area (Å²) in [5.74, 6) is 0. The first-order valence-corrected chi connectivity index (χ1v) is 9.84. The highest BCUT2D eigenvalue weighted by Gasteiger charge is 2.57. The number of hydrogen-bond acceptors (Lipinski definition) is 0. The normalized spacial score (nSPS) is 13.5. The van der Waals surface area contributed by atoms with Gasteiger partial charge in [0.15, 0.2) is 0 Å². The molecule has 0 bridgehead atoms. The lowest BCUT2D eigenvalue weighted by Crippen LogP contribution is -2.34. The van der Waals surface area contributed by atoms with Gasteiger partial charge in [-0.15, -0.1) is 24.8 Å². The molecule has 0 N–H and O–H groups in total. The first kappa shape index (κ1) is 19.0. The number of hydrogen-bond donors (Lipinski definition) is 0. The monoisotopic (exact) mass is 375 g/mol. The van der Waals surface area contributed by atoms with Crippen LogP contribution < -0.4 is 15.9 Å². The van der Waals surface area contributed by atoms with Crippen molar-refractivity contribution in [3.8, 4) is 0 Å². The first-order valence-electron chi connectivity index (χ1n) is 7.98. The molecule has 0 radical (unpaired) electrons. The summed E-state index contributed by atoms with van der Waals surface area (Å²) in [6.45, 7) is 0. The summed E-state index contributed by atoms with van der Waals surface area (Å²) in [6, 6.07) is 33.6. The molecule has 0 aromatic heterocycles. The average Bonchev–Trinajstić information content (AvgIpc) is 3.44. The van der Waals surface area contributed by atoms with E-state index in [2.05, 4.69) is 91.0 Å². The largest absolute Gasteiger partial charge is 0.147 e. The summed E-state index contributed by atoms with van der Waals surface area (Å²) < 4.78 is 0. The van der Waals surface area contributed by atoms with Gasteiger partial charge in [-0.1, -0.05) is 54.6 Å². The summed E-state index contributed by atoms with van der Waals surface area (Å²) in [6.07, 6.45) is 2.71. The van der Waals surface area contributed by atoms with E-state index < -0.39 is 7.26 Å². The van der Waals surface area contributed by atoms with Crippen LogP contribution in [0.1, 0.15) is 12.8 Å². The molecule has 0 nitrogen and oxygen atoms in total. The van der Waals surface area contributed by atoms with Crippen LogP contribution in [0.2, 0.25) is 0 Å². The van der Waals surface area contributed by atoms with Crippen LogP contribution in [-0.4, -0.2) is 5.66 Å². The zero-order chi connectivity index (χ0) is 14.8. The molecular weight excluding hydrogens is 354 g/mol. The SMILES string of the molecule is Cl.Cl.c1ccc([P+](c2ccccc2)(c2ccccc2)C2CC2)cc1. The molecule has 0 aliphatic heterocycles. The van der Waals surface area contributed by atoms with Gasteiger partial charge in [-0.05, 0) is 49.2 Å². The number of halogens is 2. The smallest absolute Gasteiger partial charge is 0.115 e. The van der Waals surface area contributed by atoms with Crippen molar-refractivity contribution in [2.45, 2.75) is 18.5 Å². The maximum absolute atomic E-state index is 2.34. The molecule has 0 unspecified atom stereocenters. The van der Waals surface area contributed by atoms with Crippen molar-refractivity contribution < 1.29 is 0 Å². The fourth-order valence-corrected chi connectivity index (χ4v) is 8.54. The van der Waals surface area contributed by atoms with Crippen LogP contribution in [0.5, 0.6) is 0 Å². The zero-order valence-electron chi connectivity index (χ0n) is 13.4. The van der Waals surface area contributed by atoms with Gasteiger partial charge in [0.05, 0.1) is 5.66 Å². The third-order valence-corrected chi connectivity index (χ3v) is 9.53. The molecule has 1 fully saturated rings. The van der Waals surface area contributed by atoms with Crippen molar-refractivity contribution in [3.63, 3.8) is 0 Å². The van der Waals surface area contributed by atoms with Gasteiger partial charge in [-0.25, -0.2) is 0 Å². The fourth-order valence-electron chi connectivity index (χ4n) is 3.53. The Morgan fingerprint density at radius 1 is 0.500 bits per heavy atom. The average molecular weight is 376 g/mol. The van der Waals surface area contributed by atoms with Gasteiger partial charge in [0, 0.05) is 0 Å². The molecule has 24 heavy (non-hydrogen) atoms. The Morgan fingerprint density at radius 3 is 1.04 bits per heavy atom. The number of rotatable bonds is 4. The predicted octanol–water partition coefficient (Wildman–Crippen LogP) is 4.99. The highest BCUT2D eigenvalue weighted by molar-refractivity contribution is 7.96. The molecular formula is C21H22Cl2P+. The Balaban J connectivity index is 0.00000104. The Hall–Kier alpha value is -1.33. The van der Waals surface area contributed by atoms with E-state index in [1.54, 1.807) is 0 Å². The van der Waals surface area contributed by atoms with Crippen LogP contribution in [-0.2, 0) is 0 Å². The van der Waals surface area contributed by atoms with Crippen molar-refractivity contribution >= 4 is 48.0 Å². The van der Waals surface area contributed by atoms with E-state index in [-0.39, 0.29) is 24.8 Å². The lowest BCUT2D eigenvalue weighted by molar-refractivity contribution is 1.47. The molecule has 3 heteroatoms. The Bertz CT molecular complexity index is 644. The lowest BCUT2D eigenvalue weighted by Gasteiger charge is -2.27. The second-order valence-corrected chi connectivity index (χ2v) is 9.69. The van der Waals surface area contributed by atoms with Crippen LogP contribution in [0, 0.1) is 0 Å². The quantitative estimate of drug-likeness (QED) is 0.563. The molecule has 3 aromatic rings. The molecule has 1 aliphatic carbocycles. The highest BCUT2D eigenvalue weighted by Crippen LogP contribution is 2.67. The Kier molecular flexibility index (Phi) is 6.47. The van der Waals surface area contributed by atoms with Gasteiger partial charge in [-0.2, -0.15) is 0 Å². The first-order chi connectivity index (χ1) is 10.9. The predicted molar refractivity (Wildman–Crippen MR) is 113 cm³/mol. The minimum atomic E-state index is -1.51. The van der Waals surface area contributed by atoms with Crippen molar-refractivity contribution in [1.29, 1.82) is 0 Å².